The van der Waals surface area contributed by atoms with E-state index in [-0.39, 0.29) is 11.5 Å². The van der Waals surface area contributed by atoms with Gasteiger partial charge in [-0.1, -0.05) is 42.5 Å². The van der Waals surface area contributed by atoms with Gasteiger partial charge in [-0.3, -0.25) is 4.79 Å². The Kier molecular flexibility index (Phi) is 4.37. The van der Waals surface area contributed by atoms with Gasteiger partial charge < -0.3 is 10.1 Å². The van der Waals surface area contributed by atoms with Crippen LogP contribution in [0, 0.1) is 0 Å². The average molecular weight is 309 g/mol. The van der Waals surface area contributed by atoms with Gasteiger partial charge in [0.2, 0.25) is 5.91 Å². The van der Waals surface area contributed by atoms with Crippen LogP contribution in [0.1, 0.15) is 37.0 Å². The first-order valence-electron chi connectivity index (χ1n) is 8.13. The van der Waals surface area contributed by atoms with Crippen molar-refractivity contribution < 1.29 is 9.53 Å². The third-order valence-corrected chi connectivity index (χ3v) is 4.20. The minimum Gasteiger partial charge on any atom is -0.488 e. The van der Waals surface area contributed by atoms with Gasteiger partial charge in [-0.25, -0.2) is 0 Å². The molecule has 0 fully saturated rings. The van der Waals surface area contributed by atoms with Crippen LogP contribution in [-0.2, 0) is 24.2 Å². The first kappa shape index (κ1) is 15.6. The van der Waals surface area contributed by atoms with E-state index in [1.165, 1.54) is 5.56 Å². The van der Waals surface area contributed by atoms with Crippen LogP contribution in [0.3, 0.4) is 0 Å². The molecule has 2 aromatic rings. The SMILES string of the molecule is CC1(C)CCc2cc(CNC(=O)Cc3ccccc3)ccc2O1. The van der Waals surface area contributed by atoms with E-state index in [1.807, 2.05) is 42.5 Å². The number of nitrogens with one attached hydrogen (secondary N) is 1. The monoisotopic (exact) mass is 309 g/mol. The summed E-state index contributed by atoms with van der Waals surface area (Å²) >= 11 is 0. The van der Waals surface area contributed by atoms with Crippen LogP contribution in [0.2, 0.25) is 0 Å². The van der Waals surface area contributed by atoms with Gasteiger partial charge in [0.15, 0.2) is 0 Å². The fourth-order valence-electron chi connectivity index (χ4n) is 2.87. The minimum absolute atomic E-state index is 0.0475. The molecule has 23 heavy (non-hydrogen) atoms. The molecule has 120 valence electrons. The first-order valence-corrected chi connectivity index (χ1v) is 8.13. The van der Waals surface area contributed by atoms with Crippen molar-refractivity contribution in [1.29, 1.82) is 0 Å². The maximum Gasteiger partial charge on any atom is 0.224 e. The molecule has 3 rings (SSSR count). The number of hydrogen-bond acceptors (Lipinski definition) is 2. The van der Waals surface area contributed by atoms with Crippen LogP contribution in [0.4, 0.5) is 0 Å². The predicted octanol–water partition coefficient (Wildman–Crippen LogP) is 3.65. The number of benzene rings is 2. The highest BCUT2D eigenvalue weighted by molar-refractivity contribution is 5.78. The summed E-state index contributed by atoms with van der Waals surface area (Å²) in [7, 11) is 0. The van der Waals surface area contributed by atoms with Crippen LogP contribution in [-0.4, -0.2) is 11.5 Å². The molecule has 1 N–H and O–H groups in total. The van der Waals surface area contributed by atoms with E-state index in [2.05, 4.69) is 25.2 Å². The fourth-order valence-corrected chi connectivity index (χ4v) is 2.87. The molecule has 3 nitrogen and oxygen atoms in total. The molecule has 1 amide bonds. The van der Waals surface area contributed by atoms with Crippen molar-refractivity contribution in [2.24, 2.45) is 0 Å². The second-order valence-corrected chi connectivity index (χ2v) is 6.74. The van der Waals surface area contributed by atoms with Gasteiger partial charge in [0, 0.05) is 6.54 Å². The van der Waals surface area contributed by atoms with Crippen LogP contribution in [0.5, 0.6) is 5.75 Å². The van der Waals surface area contributed by atoms with E-state index in [9.17, 15) is 4.79 Å². The Hall–Kier alpha value is -2.29. The maximum atomic E-state index is 12.0. The molecule has 0 bridgehead atoms. The highest BCUT2D eigenvalue weighted by Crippen LogP contribution is 2.33. The van der Waals surface area contributed by atoms with Crippen molar-refractivity contribution in [3.05, 3.63) is 65.2 Å². The molecule has 3 heteroatoms. The Morgan fingerprint density at radius 1 is 1.13 bits per heavy atom. The number of amides is 1. The first-order chi connectivity index (χ1) is 11.0. The number of hydrogen-bond donors (Lipinski definition) is 1. The predicted molar refractivity (Wildman–Crippen MR) is 91.5 cm³/mol. The number of carbonyl (C=O) groups is 1. The number of rotatable bonds is 4. The van der Waals surface area contributed by atoms with Gasteiger partial charge in [-0.05, 0) is 49.4 Å². The largest absolute Gasteiger partial charge is 0.488 e. The quantitative estimate of drug-likeness (QED) is 0.936. The Labute approximate surface area is 137 Å². The minimum atomic E-state index is -0.0849. The topological polar surface area (TPSA) is 38.3 Å². The van der Waals surface area contributed by atoms with Crippen molar-refractivity contribution in [2.45, 2.75) is 45.3 Å². The molecule has 0 aromatic heterocycles. The summed E-state index contributed by atoms with van der Waals surface area (Å²) in [6.45, 7) is 4.80. The smallest absolute Gasteiger partial charge is 0.224 e. The summed E-state index contributed by atoms with van der Waals surface area (Å²) in [5.41, 5.74) is 3.30. The maximum absolute atomic E-state index is 12.0. The highest BCUT2D eigenvalue weighted by atomic mass is 16.5. The summed E-state index contributed by atoms with van der Waals surface area (Å²) in [6, 6.07) is 16.0. The standard InChI is InChI=1S/C20H23NO2/c1-20(2)11-10-17-12-16(8-9-18(17)23-20)14-21-19(22)13-15-6-4-3-5-7-15/h3-9,12H,10-11,13-14H2,1-2H3,(H,21,22). The van der Waals surface area contributed by atoms with Crippen molar-refractivity contribution >= 4 is 5.91 Å². The van der Waals surface area contributed by atoms with Gasteiger partial charge in [0.1, 0.15) is 11.4 Å². The molecule has 0 saturated heterocycles. The van der Waals surface area contributed by atoms with E-state index in [4.69, 9.17) is 4.74 Å². The highest BCUT2D eigenvalue weighted by Gasteiger charge is 2.26. The Morgan fingerprint density at radius 2 is 1.91 bits per heavy atom. The third-order valence-electron chi connectivity index (χ3n) is 4.20. The third kappa shape index (κ3) is 4.13. The summed E-state index contributed by atoms with van der Waals surface area (Å²) in [5.74, 6) is 1.02. The van der Waals surface area contributed by atoms with Crippen molar-refractivity contribution in [1.82, 2.24) is 5.32 Å². The van der Waals surface area contributed by atoms with Crippen molar-refractivity contribution in [3.63, 3.8) is 0 Å². The van der Waals surface area contributed by atoms with E-state index in [0.29, 0.717) is 13.0 Å². The Bertz CT molecular complexity index is 692. The molecule has 0 aliphatic carbocycles. The van der Waals surface area contributed by atoms with Crippen LogP contribution >= 0.6 is 0 Å². The van der Waals surface area contributed by atoms with Crippen LogP contribution < -0.4 is 10.1 Å². The van der Waals surface area contributed by atoms with Gasteiger partial charge in [0.05, 0.1) is 6.42 Å². The second kappa shape index (κ2) is 6.45. The molecule has 0 saturated carbocycles. The Morgan fingerprint density at radius 3 is 2.70 bits per heavy atom. The van der Waals surface area contributed by atoms with E-state index in [1.54, 1.807) is 0 Å². The zero-order valence-corrected chi connectivity index (χ0v) is 13.8. The molecular weight excluding hydrogens is 286 g/mol. The lowest BCUT2D eigenvalue weighted by Crippen LogP contribution is -2.32. The molecule has 0 unspecified atom stereocenters. The van der Waals surface area contributed by atoms with Gasteiger partial charge in [-0.15, -0.1) is 0 Å². The molecule has 2 aromatic carbocycles. The van der Waals surface area contributed by atoms with Gasteiger partial charge >= 0.3 is 0 Å². The molecule has 1 aliphatic rings. The van der Waals surface area contributed by atoms with E-state index >= 15 is 0 Å². The normalized spacial score (nSPS) is 15.4. The number of carbonyl (C=O) groups excluding carboxylic acids is 1. The number of ether oxygens (including phenoxy) is 1. The zero-order valence-electron chi connectivity index (χ0n) is 13.8. The zero-order chi connectivity index (χ0) is 16.3. The second-order valence-electron chi connectivity index (χ2n) is 6.74. The molecule has 1 heterocycles. The number of fused-ring (bicyclic) bond motifs is 1. The molecule has 0 radical (unpaired) electrons. The van der Waals surface area contributed by atoms with E-state index in [0.717, 1.165) is 29.7 Å². The molecule has 1 aliphatic heterocycles. The molecular formula is C20H23NO2. The summed E-state index contributed by atoms with van der Waals surface area (Å²) in [5, 5.41) is 2.99. The summed E-state index contributed by atoms with van der Waals surface area (Å²) in [6.07, 6.45) is 2.46. The van der Waals surface area contributed by atoms with Crippen molar-refractivity contribution in [2.75, 3.05) is 0 Å². The summed E-state index contributed by atoms with van der Waals surface area (Å²) < 4.78 is 5.99. The fraction of sp³-hybridized carbons (Fsp3) is 0.350. The molecule has 0 spiro atoms. The lowest BCUT2D eigenvalue weighted by atomic mass is 9.93. The summed E-state index contributed by atoms with van der Waals surface area (Å²) in [4.78, 5) is 12.0. The average Bonchev–Trinajstić information content (AvgIpc) is 2.53. The Balaban J connectivity index is 1.58. The van der Waals surface area contributed by atoms with Crippen molar-refractivity contribution in [3.8, 4) is 5.75 Å². The lowest BCUT2D eigenvalue weighted by Gasteiger charge is -2.32. The van der Waals surface area contributed by atoms with E-state index < -0.39 is 0 Å². The lowest BCUT2D eigenvalue weighted by molar-refractivity contribution is -0.120. The van der Waals surface area contributed by atoms with Crippen LogP contribution in [0.15, 0.2) is 48.5 Å². The van der Waals surface area contributed by atoms with Gasteiger partial charge in [-0.2, -0.15) is 0 Å². The van der Waals surface area contributed by atoms with Crippen LogP contribution in [0.25, 0.3) is 0 Å². The molecule has 0 atom stereocenters. The van der Waals surface area contributed by atoms with Gasteiger partial charge in [0.25, 0.3) is 0 Å². The number of aryl methyl sites for hydroxylation is 1.